The number of nitrogens with zero attached hydrogens (tertiary/aromatic N) is 1. The average molecular weight is 423 g/mol. The summed E-state index contributed by atoms with van der Waals surface area (Å²) < 4.78 is 0. The molecule has 2 N–H and O–H groups in total. The maximum Gasteiger partial charge on any atom is 0.326 e. The van der Waals surface area contributed by atoms with Gasteiger partial charge in [-0.1, -0.05) is 25.2 Å². The van der Waals surface area contributed by atoms with Gasteiger partial charge in [-0.3, -0.25) is 19.3 Å². The van der Waals surface area contributed by atoms with Crippen LogP contribution in [0.3, 0.4) is 0 Å². The van der Waals surface area contributed by atoms with E-state index in [-0.39, 0.29) is 45.1 Å². The minimum Gasteiger partial charge on any atom is -0.480 e. The van der Waals surface area contributed by atoms with Gasteiger partial charge in [0, 0.05) is 15.5 Å². The second kappa shape index (κ2) is 5.72. The zero-order valence-corrected chi connectivity index (χ0v) is 17.4. The smallest absolute Gasteiger partial charge is 0.326 e. The molecule has 1 saturated heterocycles. The van der Waals surface area contributed by atoms with Crippen molar-refractivity contribution in [3.8, 4) is 0 Å². The number of carbonyl (C=O) groups is 3. The summed E-state index contributed by atoms with van der Waals surface area (Å²) in [4.78, 5) is 54.6. The van der Waals surface area contributed by atoms with Gasteiger partial charge < -0.3 is 10.1 Å². The molecule has 1 aromatic heterocycles. The van der Waals surface area contributed by atoms with Gasteiger partial charge in [-0.15, -0.1) is 11.8 Å². The molecule has 3 heterocycles. The molecule has 0 radical (unpaired) electrons. The highest BCUT2D eigenvalue weighted by atomic mass is 32.2. The second-order valence-corrected chi connectivity index (χ2v) is 10.9. The Labute approximate surface area is 169 Å². The van der Waals surface area contributed by atoms with Crippen molar-refractivity contribution >= 4 is 40.9 Å². The molecule has 0 aromatic carbocycles. The van der Waals surface area contributed by atoms with Crippen molar-refractivity contribution < 1.29 is 19.5 Å². The first-order chi connectivity index (χ1) is 13.2. The molecule has 7 nitrogen and oxygen atoms in total. The van der Waals surface area contributed by atoms with Crippen molar-refractivity contribution in [1.82, 2.24) is 9.88 Å². The maximum absolute atomic E-state index is 13.1. The van der Waals surface area contributed by atoms with Crippen molar-refractivity contribution in [1.29, 1.82) is 0 Å². The summed E-state index contributed by atoms with van der Waals surface area (Å²) in [6.07, 6.45) is 1.69. The molecule has 2 aliphatic heterocycles. The standard InChI is InChI=1S/C19H22N2O5S2/c1-4-19(3)11-7-5-8(12(11)27-14-13(19)28-18(26)20-14)10-9(7)15(22)21(16(10)23)6(2)17(24)25/h6-12H,4-5H2,1-3H3,(H,20,26)(H,24,25)/t6?,7?,8?,9?,10?,11?,12-,19-/m1/s1. The highest BCUT2D eigenvalue weighted by Gasteiger charge is 2.71. The van der Waals surface area contributed by atoms with Crippen molar-refractivity contribution in [2.24, 2.45) is 29.6 Å². The molecule has 2 bridgehead atoms. The molecule has 9 heteroatoms. The van der Waals surface area contributed by atoms with E-state index < -0.39 is 23.8 Å². The number of thioether (sulfide) groups is 1. The SMILES string of the molecule is CC[C@@]1(C)c2sc(=O)[nH]c2S[C@@H]2C3CC(C4C(=O)N(C(C)C(=O)O)C(=O)C43)C21. The number of aromatic amines is 1. The fourth-order valence-corrected chi connectivity index (χ4v) is 9.60. The fraction of sp³-hybridized carbons (Fsp3) is 0.684. The lowest BCUT2D eigenvalue weighted by Gasteiger charge is -2.48. The predicted octanol–water partition coefficient (Wildman–Crippen LogP) is 1.92. The first-order valence-electron chi connectivity index (χ1n) is 9.70. The third kappa shape index (κ3) is 2.01. The maximum atomic E-state index is 13.1. The van der Waals surface area contributed by atoms with Crippen LogP contribution in [0.4, 0.5) is 0 Å². The van der Waals surface area contributed by atoms with Gasteiger partial charge in [0.05, 0.1) is 16.9 Å². The van der Waals surface area contributed by atoms with E-state index >= 15 is 0 Å². The first kappa shape index (κ1) is 18.4. The van der Waals surface area contributed by atoms with E-state index in [9.17, 15) is 24.3 Å². The van der Waals surface area contributed by atoms with Crippen LogP contribution in [0.15, 0.2) is 9.82 Å². The van der Waals surface area contributed by atoms with Crippen LogP contribution in [0.5, 0.6) is 0 Å². The number of carboxylic acids is 1. The highest BCUT2D eigenvalue weighted by molar-refractivity contribution is 8.00. The van der Waals surface area contributed by atoms with Gasteiger partial charge in [-0.2, -0.15) is 0 Å². The molecule has 3 fully saturated rings. The molecule has 28 heavy (non-hydrogen) atoms. The van der Waals surface area contributed by atoms with Gasteiger partial charge in [-0.25, -0.2) is 4.79 Å². The Hall–Kier alpha value is -1.61. The highest BCUT2D eigenvalue weighted by Crippen LogP contribution is 2.69. The van der Waals surface area contributed by atoms with Crippen LogP contribution in [-0.4, -0.2) is 44.1 Å². The number of carboxylic acid groups (broad SMARTS) is 1. The van der Waals surface area contributed by atoms with Gasteiger partial charge in [0.1, 0.15) is 6.04 Å². The Morgan fingerprint density at radius 1 is 1.29 bits per heavy atom. The lowest BCUT2D eigenvalue weighted by Crippen LogP contribution is -2.49. The predicted molar refractivity (Wildman–Crippen MR) is 103 cm³/mol. The molecule has 2 amide bonds. The number of aliphatic carboxylic acids is 1. The largest absolute Gasteiger partial charge is 0.480 e. The number of imide groups is 1. The van der Waals surface area contributed by atoms with Crippen molar-refractivity contribution in [3.05, 3.63) is 14.5 Å². The van der Waals surface area contributed by atoms with Crippen molar-refractivity contribution in [3.63, 3.8) is 0 Å². The topological polar surface area (TPSA) is 108 Å². The van der Waals surface area contributed by atoms with E-state index in [1.807, 2.05) is 0 Å². The first-order valence-corrected chi connectivity index (χ1v) is 11.4. The van der Waals surface area contributed by atoms with E-state index in [1.165, 1.54) is 18.3 Å². The molecule has 5 rings (SSSR count). The van der Waals surface area contributed by atoms with E-state index in [0.717, 1.165) is 27.6 Å². The van der Waals surface area contributed by atoms with Crippen LogP contribution >= 0.6 is 23.1 Å². The number of nitrogens with one attached hydrogen (secondary N) is 1. The lowest BCUT2D eigenvalue weighted by atomic mass is 9.62. The normalized spacial score (nSPS) is 41.8. The Balaban J connectivity index is 1.59. The van der Waals surface area contributed by atoms with Crippen LogP contribution in [0.25, 0.3) is 0 Å². The number of carbonyl (C=O) groups excluding carboxylic acids is 2. The number of thiazole rings is 1. The minimum atomic E-state index is -1.15. The second-order valence-electron chi connectivity index (χ2n) is 8.73. The summed E-state index contributed by atoms with van der Waals surface area (Å²) in [6.45, 7) is 5.70. The van der Waals surface area contributed by atoms with Crippen LogP contribution in [0.2, 0.25) is 0 Å². The Kier molecular flexibility index (Phi) is 3.76. The molecule has 8 atom stereocenters. The zero-order chi connectivity index (χ0) is 20.1. The molecule has 1 aromatic rings. The van der Waals surface area contributed by atoms with Crippen molar-refractivity contribution in [2.75, 3.05) is 0 Å². The molecular weight excluding hydrogens is 400 g/mol. The van der Waals surface area contributed by atoms with Crippen LogP contribution in [0.1, 0.15) is 38.5 Å². The number of H-pyrrole nitrogens is 1. The van der Waals surface area contributed by atoms with Gasteiger partial charge >= 0.3 is 10.8 Å². The van der Waals surface area contributed by atoms with Crippen molar-refractivity contribution in [2.45, 2.75) is 55.3 Å². The Bertz CT molecular complexity index is 970. The number of fused-ring (bicyclic) bond motifs is 9. The summed E-state index contributed by atoms with van der Waals surface area (Å²) in [6, 6.07) is -1.13. The van der Waals surface area contributed by atoms with Gasteiger partial charge in [0.15, 0.2) is 0 Å². The van der Waals surface area contributed by atoms with Gasteiger partial charge in [0.25, 0.3) is 0 Å². The van der Waals surface area contributed by atoms with Crippen LogP contribution < -0.4 is 4.87 Å². The number of aromatic nitrogens is 1. The number of hydrogen-bond acceptors (Lipinski definition) is 6. The molecule has 4 aliphatic rings. The third-order valence-corrected chi connectivity index (χ3v) is 10.5. The minimum absolute atomic E-state index is 0.0508. The fourth-order valence-electron chi connectivity index (χ4n) is 6.41. The molecule has 2 aliphatic carbocycles. The number of hydrogen-bond donors (Lipinski definition) is 2. The van der Waals surface area contributed by atoms with E-state index in [2.05, 4.69) is 18.8 Å². The number of amides is 2. The summed E-state index contributed by atoms with van der Waals surface area (Å²) in [5.74, 6) is -2.29. The van der Waals surface area contributed by atoms with Gasteiger partial charge in [0.2, 0.25) is 11.8 Å². The van der Waals surface area contributed by atoms with E-state index in [1.54, 1.807) is 11.8 Å². The monoisotopic (exact) mass is 422 g/mol. The lowest BCUT2D eigenvalue weighted by molar-refractivity contribution is -0.154. The zero-order valence-electron chi connectivity index (χ0n) is 15.8. The van der Waals surface area contributed by atoms with Crippen LogP contribution in [-0.2, 0) is 19.8 Å². The summed E-state index contributed by atoms with van der Waals surface area (Å²) in [5.41, 5.74) is -0.214. The van der Waals surface area contributed by atoms with E-state index in [4.69, 9.17) is 0 Å². The Morgan fingerprint density at radius 3 is 2.54 bits per heavy atom. The average Bonchev–Trinajstić information content (AvgIpc) is 3.36. The van der Waals surface area contributed by atoms with Gasteiger partial charge in [-0.05, 0) is 37.5 Å². The summed E-state index contributed by atoms with van der Waals surface area (Å²) >= 11 is 2.92. The van der Waals surface area contributed by atoms with Crippen LogP contribution in [0, 0.1) is 29.6 Å². The number of rotatable bonds is 3. The molecule has 6 unspecified atom stereocenters. The molecule has 0 spiro atoms. The summed E-state index contributed by atoms with van der Waals surface area (Å²) in [7, 11) is 0. The van der Waals surface area contributed by atoms with E-state index in [0.29, 0.717) is 0 Å². The number of likely N-dealkylation sites (tertiary alicyclic amines) is 1. The Morgan fingerprint density at radius 2 is 1.93 bits per heavy atom. The molecule has 150 valence electrons. The summed E-state index contributed by atoms with van der Waals surface area (Å²) in [5, 5.41) is 10.4. The third-order valence-electron chi connectivity index (χ3n) is 7.74. The molecular formula is C19H22N2O5S2. The quantitative estimate of drug-likeness (QED) is 0.721. The molecule has 2 saturated carbocycles.